The zero-order valence-corrected chi connectivity index (χ0v) is 19.6. The van der Waals surface area contributed by atoms with Crippen molar-refractivity contribution in [3.05, 3.63) is 51.7 Å². The van der Waals surface area contributed by atoms with Gasteiger partial charge in [-0.3, -0.25) is 14.5 Å². The third-order valence-electron chi connectivity index (χ3n) is 6.91. The Kier molecular flexibility index (Phi) is 6.18. The maximum Gasteiger partial charge on any atom is 0.421 e. The number of rotatable bonds is 4. The van der Waals surface area contributed by atoms with Crippen molar-refractivity contribution < 1.29 is 22.4 Å². The number of aromatic nitrogens is 4. The summed E-state index contributed by atoms with van der Waals surface area (Å²) in [7, 11) is 1.86. The van der Waals surface area contributed by atoms with Gasteiger partial charge in [-0.2, -0.15) is 18.3 Å². The molecule has 2 aromatic heterocycles. The number of amides is 1. The number of piperazine rings is 1. The summed E-state index contributed by atoms with van der Waals surface area (Å²) < 4.78 is 55.0. The van der Waals surface area contributed by atoms with E-state index in [1.165, 1.54) is 12.1 Å². The van der Waals surface area contributed by atoms with Crippen LogP contribution in [-0.4, -0.2) is 74.7 Å². The van der Waals surface area contributed by atoms with Crippen molar-refractivity contribution in [1.29, 1.82) is 0 Å². The van der Waals surface area contributed by atoms with Gasteiger partial charge in [-0.15, -0.1) is 0 Å². The van der Waals surface area contributed by atoms with E-state index in [0.717, 1.165) is 11.6 Å². The maximum absolute atomic E-state index is 13.6. The summed E-state index contributed by atoms with van der Waals surface area (Å²) in [6.07, 6.45) is -3.52. The number of alkyl halides is 3. The van der Waals surface area contributed by atoms with Gasteiger partial charge in [0.25, 0.3) is 5.56 Å². The van der Waals surface area contributed by atoms with Crippen molar-refractivity contribution >= 4 is 22.9 Å². The zero-order valence-electron chi connectivity index (χ0n) is 19.6. The van der Waals surface area contributed by atoms with Gasteiger partial charge >= 0.3 is 6.18 Å². The van der Waals surface area contributed by atoms with Gasteiger partial charge in [-0.05, 0) is 37.6 Å². The summed E-state index contributed by atoms with van der Waals surface area (Å²) in [4.78, 5) is 34.8. The van der Waals surface area contributed by atoms with Gasteiger partial charge in [0.05, 0.1) is 29.3 Å². The number of benzene rings is 1. The predicted octanol–water partition coefficient (Wildman–Crippen LogP) is 2.30. The van der Waals surface area contributed by atoms with E-state index in [2.05, 4.69) is 10.1 Å². The van der Waals surface area contributed by atoms with Crippen molar-refractivity contribution in [1.82, 2.24) is 29.5 Å². The average Bonchev–Trinajstić information content (AvgIpc) is 3.42. The number of carbonyl (C=O) groups is 1. The Balaban J connectivity index is 1.23. The summed E-state index contributed by atoms with van der Waals surface area (Å²) in [6.45, 7) is 2.62. The summed E-state index contributed by atoms with van der Waals surface area (Å²) >= 11 is 0. The predicted molar refractivity (Wildman–Crippen MR) is 123 cm³/mol. The van der Waals surface area contributed by atoms with E-state index in [1.807, 2.05) is 26.5 Å². The summed E-state index contributed by atoms with van der Waals surface area (Å²) in [5.74, 6) is 0.232. The molecule has 0 radical (unpaired) electrons. The third-order valence-corrected chi connectivity index (χ3v) is 6.91. The van der Waals surface area contributed by atoms with E-state index in [1.54, 1.807) is 11.0 Å². The van der Waals surface area contributed by atoms with Gasteiger partial charge in [0.1, 0.15) is 11.4 Å². The number of anilines is 1. The molecule has 2 fully saturated rings. The molecule has 36 heavy (non-hydrogen) atoms. The van der Waals surface area contributed by atoms with Gasteiger partial charge < -0.3 is 14.4 Å². The molecule has 2 saturated heterocycles. The number of imidazole rings is 1. The van der Waals surface area contributed by atoms with Crippen molar-refractivity contribution in [2.45, 2.75) is 25.1 Å². The number of halogens is 4. The van der Waals surface area contributed by atoms with Crippen LogP contribution >= 0.6 is 0 Å². The normalized spacial score (nSPS) is 19.4. The van der Waals surface area contributed by atoms with Crippen LogP contribution in [0.2, 0.25) is 0 Å². The Bertz CT molecular complexity index is 1340. The Morgan fingerprint density at radius 1 is 1.14 bits per heavy atom. The van der Waals surface area contributed by atoms with E-state index in [4.69, 9.17) is 0 Å². The number of fused-ring (bicyclic) bond motifs is 1. The van der Waals surface area contributed by atoms with Gasteiger partial charge in [0.2, 0.25) is 11.9 Å². The number of likely N-dealkylation sites (tertiary alicyclic amines) is 1. The molecule has 4 heterocycles. The minimum atomic E-state index is -4.78. The first-order valence-electron chi connectivity index (χ1n) is 11.7. The molecule has 5 rings (SSSR count). The molecule has 0 saturated carbocycles. The van der Waals surface area contributed by atoms with Crippen molar-refractivity contribution in [3.63, 3.8) is 0 Å². The average molecular weight is 507 g/mol. The fourth-order valence-electron chi connectivity index (χ4n) is 5.03. The second-order valence-corrected chi connectivity index (χ2v) is 9.13. The van der Waals surface area contributed by atoms with E-state index < -0.39 is 23.3 Å². The first kappa shape index (κ1) is 24.2. The monoisotopic (exact) mass is 507 g/mol. The Labute approximate surface area is 203 Å². The SMILES string of the molecule is Cn1c(N2CCN(C(=O)CN3CCCC3c3cc(C(F)(F)F)c(=O)[nH]n3)CC2)nc2cc(F)ccc21. The van der Waals surface area contributed by atoms with Crippen molar-refractivity contribution in [2.75, 3.05) is 44.2 Å². The van der Waals surface area contributed by atoms with E-state index in [0.29, 0.717) is 57.0 Å². The highest BCUT2D eigenvalue weighted by atomic mass is 19.4. The number of aryl methyl sites for hydroxylation is 1. The molecule has 13 heteroatoms. The molecule has 2 aliphatic rings. The summed E-state index contributed by atoms with van der Waals surface area (Å²) in [6, 6.07) is 4.77. The first-order valence-corrected chi connectivity index (χ1v) is 11.7. The molecule has 1 amide bonds. The molecule has 1 aromatic carbocycles. The van der Waals surface area contributed by atoms with Crippen molar-refractivity contribution in [2.24, 2.45) is 7.05 Å². The second-order valence-electron chi connectivity index (χ2n) is 9.13. The number of aromatic amines is 1. The van der Waals surface area contributed by atoms with Crippen LogP contribution in [0.5, 0.6) is 0 Å². The number of nitrogens with zero attached hydrogens (tertiary/aromatic N) is 6. The highest BCUT2D eigenvalue weighted by Crippen LogP contribution is 2.33. The lowest BCUT2D eigenvalue weighted by Gasteiger charge is -2.36. The van der Waals surface area contributed by atoms with Crippen molar-refractivity contribution in [3.8, 4) is 0 Å². The Morgan fingerprint density at radius 3 is 2.61 bits per heavy atom. The third kappa shape index (κ3) is 4.54. The number of hydrogen-bond donors (Lipinski definition) is 1. The number of nitrogens with one attached hydrogen (secondary N) is 1. The van der Waals surface area contributed by atoms with E-state index >= 15 is 0 Å². The smallest absolute Gasteiger partial charge is 0.339 e. The van der Waals surface area contributed by atoms with Crippen LogP contribution in [0.15, 0.2) is 29.1 Å². The summed E-state index contributed by atoms with van der Waals surface area (Å²) in [5, 5.41) is 5.78. The standard InChI is InChI=1S/C23H25F4N7O2/c1-31-18-5-4-14(24)11-16(18)28-22(31)33-9-7-32(8-10-33)20(35)13-34-6-2-3-19(34)17-12-15(23(25,26)27)21(36)30-29-17/h4-5,11-12,19H,2-3,6-10,13H2,1H3,(H,30,36). The van der Waals surface area contributed by atoms with Crippen LogP contribution in [-0.2, 0) is 18.0 Å². The largest absolute Gasteiger partial charge is 0.421 e. The number of carbonyl (C=O) groups excluding carboxylic acids is 1. The van der Waals surface area contributed by atoms with Gasteiger partial charge in [-0.25, -0.2) is 14.5 Å². The van der Waals surface area contributed by atoms with E-state index in [9.17, 15) is 27.2 Å². The molecule has 1 unspecified atom stereocenters. The number of H-pyrrole nitrogens is 1. The van der Waals surface area contributed by atoms with Crippen LogP contribution in [0.1, 0.15) is 30.1 Å². The van der Waals surface area contributed by atoms with Crippen LogP contribution in [0, 0.1) is 5.82 Å². The fraction of sp³-hybridized carbons (Fsp3) is 0.478. The quantitative estimate of drug-likeness (QED) is 0.546. The second kappa shape index (κ2) is 9.19. The number of hydrogen-bond acceptors (Lipinski definition) is 6. The molecule has 3 aromatic rings. The lowest BCUT2D eigenvalue weighted by molar-refractivity contribution is -0.139. The molecule has 0 spiro atoms. The van der Waals surface area contributed by atoms with Crippen LogP contribution in [0.3, 0.4) is 0 Å². The van der Waals surface area contributed by atoms with Crippen LogP contribution < -0.4 is 10.5 Å². The molecule has 0 aliphatic carbocycles. The summed E-state index contributed by atoms with van der Waals surface area (Å²) in [5.41, 5.74) is -1.08. The molecule has 2 aliphatic heterocycles. The molecule has 9 nitrogen and oxygen atoms in total. The van der Waals surface area contributed by atoms with Gasteiger partial charge in [0.15, 0.2) is 0 Å². The van der Waals surface area contributed by atoms with Crippen LogP contribution in [0.4, 0.5) is 23.5 Å². The molecular weight excluding hydrogens is 482 g/mol. The Morgan fingerprint density at radius 2 is 1.89 bits per heavy atom. The molecular formula is C23H25F4N7O2. The molecule has 192 valence electrons. The minimum absolute atomic E-state index is 0.0540. The van der Waals surface area contributed by atoms with Gasteiger partial charge in [-0.1, -0.05) is 0 Å². The highest BCUT2D eigenvalue weighted by Gasteiger charge is 2.37. The van der Waals surface area contributed by atoms with Gasteiger partial charge in [0, 0.05) is 39.3 Å². The maximum atomic E-state index is 13.6. The highest BCUT2D eigenvalue weighted by molar-refractivity contribution is 5.80. The fourth-order valence-corrected chi connectivity index (χ4v) is 5.03. The first-order chi connectivity index (χ1) is 17.1. The lowest BCUT2D eigenvalue weighted by atomic mass is 10.1. The lowest BCUT2D eigenvalue weighted by Crippen LogP contribution is -2.51. The molecule has 1 atom stereocenters. The topological polar surface area (TPSA) is 90.4 Å². The molecule has 1 N–H and O–H groups in total. The zero-order chi connectivity index (χ0) is 25.6. The van der Waals surface area contributed by atoms with Crippen LogP contribution in [0.25, 0.3) is 11.0 Å². The van der Waals surface area contributed by atoms with E-state index in [-0.39, 0.29) is 24.0 Å². The molecule has 0 bridgehead atoms. The minimum Gasteiger partial charge on any atom is -0.339 e. The Hall–Kier alpha value is -3.48.